The number of nitrogens with one attached hydrogen (secondary N) is 1. The van der Waals surface area contributed by atoms with Crippen molar-refractivity contribution in [1.82, 2.24) is 5.32 Å². The van der Waals surface area contributed by atoms with Crippen LogP contribution in [0, 0.1) is 0 Å². The van der Waals surface area contributed by atoms with Crippen LogP contribution >= 0.6 is 0 Å². The maximum atomic E-state index is 10.3. The third kappa shape index (κ3) is 4.84. The van der Waals surface area contributed by atoms with E-state index < -0.39 is 5.60 Å². The molecule has 1 fully saturated rings. The van der Waals surface area contributed by atoms with Gasteiger partial charge in [-0.15, -0.1) is 0 Å². The van der Waals surface area contributed by atoms with E-state index in [1.165, 1.54) is 44.9 Å². The Labute approximate surface area is 101 Å². The average Bonchev–Trinajstić information content (AvgIpc) is 2.70. The third-order valence-electron chi connectivity index (χ3n) is 3.80. The number of aliphatic hydroxyl groups is 1. The van der Waals surface area contributed by atoms with Gasteiger partial charge in [-0.3, -0.25) is 0 Å². The summed E-state index contributed by atoms with van der Waals surface area (Å²) in [7, 11) is 0. The second-order valence-electron chi connectivity index (χ2n) is 5.44. The van der Waals surface area contributed by atoms with E-state index in [-0.39, 0.29) is 0 Å². The molecular weight excluding hydrogens is 198 g/mol. The molecule has 0 amide bonds. The maximum absolute atomic E-state index is 10.3. The molecule has 0 aromatic heterocycles. The molecule has 16 heavy (non-hydrogen) atoms. The van der Waals surface area contributed by atoms with Crippen LogP contribution in [0.25, 0.3) is 0 Å². The fraction of sp³-hybridized carbons (Fsp3) is 1.00. The van der Waals surface area contributed by atoms with Crippen LogP contribution < -0.4 is 5.32 Å². The molecule has 0 heterocycles. The predicted octanol–water partition coefficient (Wildman–Crippen LogP) is 3.24. The molecular formula is C14H29NO. The van der Waals surface area contributed by atoms with E-state index >= 15 is 0 Å². The molecule has 1 unspecified atom stereocenters. The highest BCUT2D eigenvalue weighted by Crippen LogP contribution is 2.28. The van der Waals surface area contributed by atoms with E-state index in [0.717, 1.165) is 19.4 Å². The van der Waals surface area contributed by atoms with Crippen LogP contribution in [0.5, 0.6) is 0 Å². The van der Waals surface area contributed by atoms with Crippen LogP contribution in [0.1, 0.15) is 71.6 Å². The molecule has 0 aliphatic heterocycles. The van der Waals surface area contributed by atoms with Gasteiger partial charge in [0.2, 0.25) is 0 Å². The van der Waals surface area contributed by atoms with Crippen LogP contribution in [-0.4, -0.2) is 23.3 Å². The number of hydrogen-bond acceptors (Lipinski definition) is 2. The van der Waals surface area contributed by atoms with Crippen LogP contribution in [0.4, 0.5) is 0 Å². The first-order valence-corrected chi connectivity index (χ1v) is 7.16. The standard InChI is InChI=1S/C14H29NO/c1-3-5-9-13(8-4-2)15-12-14(16)10-6-7-11-14/h13,15-16H,3-12H2,1-2H3. The minimum atomic E-state index is -0.391. The van der Waals surface area contributed by atoms with Crippen molar-refractivity contribution in [2.45, 2.75) is 83.3 Å². The fourth-order valence-electron chi connectivity index (χ4n) is 2.69. The van der Waals surface area contributed by atoms with Crippen LogP contribution in [0.2, 0.25) is 0 Å². The Morgan fingerprint density at radius 3 is 2.38 bits per heavy atom. The Balaban J connectivity index is 2.24. The Kier molecular flexibility index (Phi) is 6.37. The van der Waals surface area contributed by atoms with Gasteiger partial charge in [0.15, 0.2) is 0 Å². The summed E-state index contributed by atoms with van der Waals surface area (Å²) in [5.41, 5.74) is -0.391. The molecule has 0 aromatic carbocycles. The van der Waals surface area contributed by atoms with Gasteiger partial charge in [0, 0.05) is 12.6 Å². The van der Waals surface area contributed by atoms with Crippen LogP contribution in [-0.2, 0) is 0 Å². The predicted molar refractivity (Wildman–Crippen MR) is 69.6 cm³/mol. The van der Waals surface area contributed by atoms with Gasteiger partial charge in [-0.1, -0.05) is 46.0 Å². The summed E-state index contributed by atoms with van der Waals surface area (Å²) in [5.74, 6) is 0. The maximum Gasteiger partial charge on any atom is 0.0771 e. The van der Waals surface area contributed by atoms with Gasteiger partial charge in [-0.05, 0) is 25.7 Å². The SMILES string of the molecule is CCCCC(CCC)NCC1(O)CCCC1. The summed E-state index contributed by atoms with van der Waals surface area (Å²) in [6.07, 6.45) is 10.7. The molecule has 0 saturated heterocycles. The van der Waals surface area contributed by atoms with Crippen molar-refractivity contribution in [2.75, 3.05) is 6.54 Å². The molecule has 1 atom stereocenters. The summed E-state index contributed by atoms with van der Waals surface area (Å²) in [5, 5.41) is 13.9. The monoisotopic (exact) mass is 227 g/mol. The van der Waals surface area contributed by atoms with Crippen LogP contribution in [0.15, 0.2) is 0 Å². The van der Waals surface area contributed by atoms with Gasteiger partial charge in [-0.2, -0.15) is 0 Å². The van der Waals surface area contributed by atoms with E-state index in [2.05, 4.69) is 19.2 Å². The molecule has 96 valence electrons. The van der Waals surface area contributed by atoms with Crippen molar-refractivity contribution in [3.63, 3.8) is 0 Å². The van der Waals surface area contributed by atoms with Gasteiger partial charge in [0.05, 0.1) is 5.60 Å². The van der Waals surface area contributed by atoms with Gasteiger partial charge >= 0.3 is 0 Å². The Bertz CT molecular complexity index is 176. The van der Waals surface area contributed by atoms with Gasteiger partial charge in [-0.25, -0.2) is 0 Å². The van der Waals surface area contributed by atoms with E-state index in [9.17, 15) is 5.11 Å². The lowest BCUT2D eigenvalue weighted by Gasteiger charge is -2.26. The first-order chi connectivity index (χ1) is 7.70. The Morgan fingerprint density at radius 2 is 1.81 bits per heavy atom. The molecule has 0 spiro atoms. The van der Waals surface area contributed by atoms with Crippen molar-refractivity contribution in [3.05, 3.63) is 0 Å². The quantitative estimate of drug-likeness (QED) is 0.667. The summed E-state index contributed by atoms with van der Waals surface area (Å²) in [6, 6.07) is 0.620. The highest BCUT2D eigenvalue weighted by Gasteiger charge is 2.31. The van der Waals surface area contributed by atoms with E-state index in [1.54, 1.807) is 0 Å². The first-order valence-electron chi connectivity index (χ1n) is 7.16. The summed E-state index contributed by atoms with van der Waals surface area (Å²) in [4.78, 5) is 0. The molecule has 1 rings (SSSR count). The largest absolute Gasteiger partial charge is 0.389 e. The molecule has 1 aliphatic carbocycles. The molecule has 0 bridgehead atoms. The summed E-state index contributed by atoms with van der Waals surface area (Å²) >= 11 is 0. The van der Waals surface area contributed by atoms with Crippen molar-refractivity contribution < 1.29 is 5.11 Å². The van der Waals surface area contributed by atoms with Gasteiger partial charge < -0.3 is 10.4 Å². The highest BCUT2D eigenvalue weighted by atomic mass is 16.3. The second kappa shape index (κ2) is 7.29. The lowest BCUT2D eigenvalue weighted by atomic mass is 10.00. The Morgan fingerprint density at radius 1 is 1.12 bits per heavy atom. The third-order valence-corrected chi connectivity index (χ3v) is 3.80. The topological polar surface area (TPSA) is 32.3 Å². The second-order valence-corrected chi connectivity index (χ2v) is 5.44. The molecule has 1 saturated carbocycles. The number of unbranched alkanes of at least 4 members (excludes halogenated alkanes) is 1. The zero-order chi connectivity index (χ0) is 11.9. The van der Waals surface area contributed by atoms with Crippen molar-refractivity contribution in [2.24, 2.45) is 0 Å². The normalized spacial score (nSPS) is 21.2. The molecule has 0 aromatic rings. The summed E-state index contributed by atoms with van der Waals surface area (Å²) in [6.45, 7) is 5.29. The number of rotatable bonds is 8. The van der Waals surface area contributed by atoms with Gasteiger partial charge in [0.25, 0.3) is 0 Å². The van der Waals surface area contributed by atoms with Crippen molar-refractivity contribution in [1.29, 1.82) is 0 Å². The van der Waals surface area contributed by atoms with Crippen molar-refractivity contribution in [3.8, 4) is 0 Å². The molecule has 0 radical (unpaired) electrons. The van der Waals surface area contributed by atoms with E-state index in [0.29, 0.717) is 6.04 Å². The minimum Gasteiger partial charge on any atom is -0.389 e. The van der Waals surface area contributed by atoms with Crippen LogP contribution in [0.3, 0.4) is 0 Å². The van der Waals surface area contributed by atoms with Gasteiger partial charge in [0.1, 0.15) is 0 Å². The van der Waals surface area contributed by atoms with E-state index in [1.807, 2.05) is 0 Å². The molecule has 2 heteroatoms. The minimum absolute atomic E-state index is 0.391. The van der Waals surface area contributed by atoms with Crippen molar-refractivity contribution >= 4 is 0 Å². The first kappa shape index (κ1) is 14.0. The molecule has 1 aliphatic rings. The highest BCUT2D eigenvalue weighted by molar-refractivity contribution is 4.87. The lowest BCUT2D eigenvalue weighted by Crippen LogP contribution is -2.42. The zero-order valence-electron chi connectivity index (χ0n) is 11.1. The van der Waals surface area contributed by atoms with E-state index in [4.69, 9.17) is 0 Å². The molecule has 2 N–H and O–H groups in total. The fourth-order valence-corrected chi connectivity index (χ4v) is 2.69. The lowest BCUT2D eigenvalue weighted by molar-refractivity contribution is 0.0441. The smallest absolute Gasteiger partial charge is 0.0771 e. The zero-order valence-corrected chi connectivity index (χ0v) is 11.1. The average molecular weight is 227 g/mol. The number of hydrogen-bond donors (Lipinski definition) is 2. The summed E-state index contributed by atoms with van der Waals surface area (Å²) < 4.78 is 0. The Hall–Kier alpha value is -0.0800. The molecule has 2 nitrogen and oxygen atoms in total.